The second-order valence-electron chi connectivity index (χ2n) is 9.42. The van der Waals surface area contributed by atoms with Crippen LogP contribution in [-0.2, 0) is 6.42 Å². The average Bonchev–Trinajstić information content (AvgIpc) is 2.88. The van der Waals surface area contributed by atoms with Crippen LogP contribution in [-0.4, -0.2) is 58.4 Å². The van der Waals surface area contributed by atoms with Gasteiger partial charge < -0.3 is 19.8 Å². The van der Waals surface area contributed by atoms with E-state index in [2.05, 4.69) is 20.9 Å². The highest BCUT2D eigenvalue weighted by atomic mass is 35.5. The van der Waals surface area contributed by atoms with Crippen LogP contribution in [0.25, 0.3) is 10.9 Å². The Morgan fingerprint density at radius 1 is 1.21 bits per heavy atom. The van der Waals surface area contributed by atoms with Gasteiger partial charge in [0.05, 0.1) is 23.8 Å². The zero-order chi connectivity index (χ0) is 24.0. The first-order valence-corrected chi connectivity index (χ1v) is 12.4. The largest absolute Gasteiger partial charge is 0.497 e. The summed E-state index contributed by atoms with van der Waals surface area (Å²) >= 11 is 6.47. The van der Waals surface area contributed by atoms with Gasteiger partial charge in [-0.05, 0) is 93.4 Å². The Balaban J connectivity index is 1.34. The van der Waals surface area contributed by atoms with E-state index in [0.29, 0.717) is 22.8 Å². The number of pyridine rings is 2. The van der Waals surface area contributed by atoms with Crippen LogP contribution in [0.2, 0.25) is 5.02 Å². The molecule has 34 heavy (non-hydrogen) atoms. The lowest BCUT2D eigenvalue weighted by molar-refractivity contribution is 0.0234. The summed E-state index contributed by atoms with van der Waals surface area (Å²) in [5, 5.41) is 22.7. The molecule has 1 atom stereocenters. The molecule has 1 aromatic carbocycles. The number of hydrogen-bond donors (Lipinski definition) is 2. The van der Waals surface area contributed by atoms with Crippen molar-refractivity contribution in [1.29, 1.82) is 0 Å². The lowest BCUT2D eigenvalue weighted by atomic mass is 9.74. The molecule has 182 valence electrons. The van der Waals surface area contributed by atoms with Crippen LogP contribution in [0.4, 0.5) is 0 Å². The molecule has 1 fully saturated rings. The minimum atomic E-state index is -0.731. The number of aliphatic hydroxyl groups excluding tert-OH is 2. The number of fused-ring (bicyclic) bond motifs is 1. The van der Waals surface area contributed by atoms with Crippen molar-refractivity contribution in [2.24, 2.45) is 5.41 Å². The van der Waals surface area contributed by atoms with Crippen LogP contribution in [0.3, 0.4) is 0 Å². The molecular weight excluding hydrogens is 450 g/mol. The summed E-state index contributed by atoms with van der Waals surface area (Å²) in [4.78, 5) is 11.1. The fourth-order valence-electron chi connectivity index (χ4n) is 5.01. The van der Waals surface area contributed by atoms with Gasteiger partial charge in [-0.2, -0.15) is 0 Å². The summed E-state index contributed by atoms with van der Waals surface area (Å²) in [6.07, 6.45) is 9.90. The lowest BCUT2D eigenvalue weighted by Crippen LogP contribution is -2.42. The molecule has 2 aromatic heterocycles. The molecule has 1 aliphatic rings. The smallest absolute Gasteiger partial charge is 0.119 e. The van der Waals surface area contributed by atoms with Crippen LogP contribution >= 0.6 is 11.6 Å². The molecule has 2 N–H and O–H groups in total. The van der Waals surface area contributed by atoms with E-state index in [9.17, 15) is 10.2 Å². The zero-order valence-corrected chi connectivity index (χ0v) is 20.5. The van der Waals surface area contributed by atoms with E-state index in [1.807, 2.05) is 36.7 Å². The first kappa shape index (κ1) is 24.9. The molecule has 0 bridgehead atoms. The molecule has 1 aliphatic heterocycles. The van der Waals surface area contributed by atoms with E-state index in [1.54, 1.807) is 13.3 Å². The Morgan fingerprint density at radius 3 is 2.74 bits per heavy atom. The molecule has 0 spiro atoms. The van der Waals surface area contributed by atoms with Crippen molar-refractivity contribution in [1.82, 2.24) is 14.9 Å². The highest BCUT2D eigenvalue weighted by molar-refractivity contribution is 6.32. The van der Waals surface area contributed by atoms with E-state index >= 15 is 0 Å². The fraction of sp³-hybridized carbons (Fsp3) is 0.481. The minimum Gasteiger partial charge on any atom is -0.497 e. The van der Waals surface area contributed by atoms with Gasteiger partial charge in [-0.25, -0.2) is 0 Å². The second kappa shape index (κ2) is 11.5. The number of ether oxygens (including phenoxy) is 1. The molecule has 4 rings (SSSR count). The van der Waals surface area contributed by atoms with Gasteiger partial charge >= 0.3 is 0 Å². The SMILES string of the molecule is COc1ccc2ncc(Cl)c(C(O)CCC3(CO)CCN(CCCc4cccnc4)CC3)c2c1. The summed E-state index contributed by atoms with van der Waals surface area (Å²) < 4.78 is 5.36. The summed E-state index contributed by atoms with van der Waals surface area (Å²) in [5.41, 5.74) is 2.58. The Morgan fingerprint density at radius 2 is 2.03 bits per heavy atom. The lowest BCUT2D eigenvalue weighted by Gasteiger charge is -2.41. The molecule has 1 saturated heterocycles. The van der Waals surface area contributed by atoms with Gasteiger partial charge in [0.2, 0.25) is 0 Å². The van der Waals surface area contributed by atoms with Crippen molar-refractivity contribution in [2.45, 2.75) is 44.6 Å². The summed E-state index contributed by atoms with van der Waals surface area (Å²) in [7, 11) is 1.62. The molecular formula is C27H34ClN3O3. The number of nitrogens with zero attached hydrogens (tertiary/aromatic N) is 3. The first-order chi connectivity index (χ1) is 16.5. The number of methoxy groups -OCH3 is 1. The van der Waals surface area contributed by atoms with Gasteiger partial charge in [-0.15, -0.1) is 0 Å². The topological polar surface area (TPSA) is 78.7 Å². The van der Waals surface area contributed by atoms with Gasteiger partial charge in [-0.3, -0.25) is 9.97 Å². The van der Waals surface area contributed by atoms with Crippen molar-refractivity contribution in [3.8, 4) is 5.75 Å². The fourth-order valence-corrected chi connectivity index (χ4v) is 5.29. The molecule has 0 aliphatic carbocycles. The molecule has 1 unspecified atom stereocenters. The van der Waals surface area contributed by atoms with Crippen LogP contribution < -0.4 is 4.74 Å². The van der Waals surface area contributed by atoms with Gasteiger partial charge in [-0.1, -0.05) is 17.7 Å². The number of aromatic nitrogens is 2. The summed E-state index contributed by atoms with van der Waals surface area (Å²) in [6, 6.07) is 9.71. The molecule has 3 heterocycles. The standard InChI is InChI=1S/C27H34ClN3O3/c1-34-21-6-7-24-22(16-21)26(23(28)18-30-24)25(33)8-9-27(19-32)10-14-31(15-11-27)13-3-5-20-4-2-12-29-17-20/h2,4,6-7,12,16-18,25,32-33H,3,5,8-11,13-15,19H2,1H3. The number of hydrogen-bond acceptors (Lipinski definition) is 6. The number of rotatable bonds is 10. The second-order valence-corrected chi connectivity index (χ2v) is 9.83. The quantitative estimate of drug-likeness (QED) is 0.430. The molecule has 0 amide bonds. The van der Waals surface area contributed by atoms with E-state index in [0.717, 1.165) is 62.6 Å². The van der Waals surface area contributed by atoms with Gasteiger partial charge in [0.15, 0.2) is 0 Å². The third kappa shape index (κ3) is 5.87. The van der Waals surface area contributed by atoms with Crippen molar-refractivity contribution in [3.05, 3.63) is 65.1 Å². The van der Waals surface area contributed by atoms with E-state index in [4.69, 9.17) is 16.3 Å². The van der Waals surface area contributed by atoms with Crippen molar-refractivity contribution < 1.29 is 14.9 Å². The number of piperidine rings is 1. The Kier molecular flexibility index (Phi) is 8.37. The van der Waals surface area contributed by atoms with Gasteiger partial charge in [0, 0.05) is 36.1 Å². The summed E-state index contributed by atoms with van der Waals surface area (Å²) in [6.45, 7) is 3.14. The third-order valence-electron chi connectivity index (χ3n) is 7.26. The van der Waals surface area contributed by atoms with E-state index in [-0.39, 0.29) is 12.0 Å². The van der Waals surface area contributed by atoms with E-state index < -0.39 is 6.10 Å². The average molecular weight is 484 g/mol. The predicted octanol–water partition coefficient (Wildman–Crippen LogP) is 4.81. The van der Waals surface area contributed by atoms with Crippen molar-refractivity contribution in [2.75, 3.05) is 33.4 Å². The number of halogens is 1. The number of aryl methyl sites for hydroxylation is 1. The molecule has 6 nitrogen and oxygen atoms in total. The van der Waals surface area contributed by atoms with Crippen LogP contribution in [0.15, 0.2) is 48.9 Å². The molecule has 3 aromatic rings. The highest BCUT2D eigenvalue weighted by Crippen LogP contribution is 2.40. The van der Waals surface area contributed by atoms with Crippen molar-refractivity contribution >= 4 is 22.5 Å². The summed E-state index contributed by atoms with van der Waals surface area (Å²) in [5.74, 6) is 0.702. The number of likely N-dealkylation sites (tertiary alicyclic amines) is 1. The number of benzene rings is 1. The maximum Gasteiger partial charge on any atom is 0.119 e. The Labute approximate surface area is 206 Å². The van der Waals surface area contributed by atoms with Crippen LogP contribution in [0.5, 0.6) is 5.75 Å². The molecule has 7 heteroatoms. The maximum absolute atomic E-state index is 11.1. The zero-order valence-electron chi connectivity index (χ0n) is 19.8. The number of aliphatic hydroxyl groups is 2. The monoisotopic (exact) mass is 483 g/mol. The van der Waals surface area contributed by atoms with Gasteiger partial charge in [0.1, 0.15) is 5.75 Å². The highest BCUT2D eigenvalue weighted by Gasteiger charge is 2.34. The van der Waals surface area contributed by atoms with Crippen LogP contribution in [0, 0.1) is 5.41 Å². The molecule has 0 radical (unpaired) electrons. The van der Waals surface area contributed by atoms with Gasteiger partial charge in [0.25, 0.3) is 0 Å². The first-order valence-electron chi connectivity index (χ1n) is 12.1. The third-order valence-corrected chi connectivity index (χ3v) is 7.57. The van der Waals surface area contributed by atoms with Crippen molar-refractivity contribution in [3.63, 3.8) is 0 Å². The minimum absolute atomic E-state index is 0.141. The maximum atomic E-state index is 11.1. The van der Waals surface area contributed by atoms with Crippen LogP contribution in [0.1, 0.15) is 49.3 Å². The Bertz CT molecular complexity index is 1070. The molecule has 0 saturated carbocycles. The predicted molar refractivity (Wildman–Crippen MR) is 135 cm³/mol. The normalized spacial score (nSPS) is 17.1. The Hall–Kier alpha value is -2.25. The van der Waals surface area contributed by atoms with E-state index in [1.165, 1.54) is 5.56 Å².